The molecule has 0 fully saturated rings. The quantitative estimate of drug-likeness (QED) is 0.297. The van der Waals surface area contributed by atoms with E-state index in [1.807, 2.05) is 0 Å². The minimum absolute atomic E-state index is 0.828. The van der Waals surface area contributed by atoms with Gasteiger partial charge in [-0.3, -0.25) is 9.58 Å². The zero-order valence-corrected chi connectivity index (χ0v) is 20.2. The van der Waals surface area contributed by atoms with Crippen LogP contribution in [-0.4, -0.2) is 22.2 Å². The Bertz CT molecular complexity index is 1950. The molecule has 8 rings (SSSR count). The molecule has 0 radical (unpaired) electrons. The maximum atomic E-state index is 3.57. The Morgan fingerprint density at radius 3 is 1.92 bits per heavy atom. The number of hydrogen-bond acceptors (Lipinski definition) is 3. The minimum Gasteiger partial charge on any atom is -0.368 e. The second-order valence-corrected chi connectivity index (χ2v) is 9.59. The summed E-state index contributed by atoms with van der Waals surface area (Å²) in [5.74, 6) is 1.10. The van der Waals surface area contributed by atoms with Gasteiger partial charge in [0.1, 0.15) is 5.82 Å². The molecule has 37 heavy (non-hydrogen) atoms. The van der Waals surface area contributed by atoms with E-state index in [0.717, 1.165) is 30.3 Å². The van der Waals surface area contributed by atoms with Crippen LogP contribution in [0.4, 0.5) is 5.69 Å². The van der Waals surface area contributed by atoms with Gasteiger partial charge in [-0.05, 0) is 42.5 Å². The molecule has 2 aromatic heterocycles. The van der Waals surface area contributed by atoms with E-state index in [9.17, 15) is 0 Å². The highest BCUT2D eigenvalue weighted by molar-refractivity contribution is 6.12. The number of fused-ring (bicyclic) bond motifs is 6. The van der Waals surface area contributed by atoms with E-state index in [4.69, 9.17) is 0 Å². The average molecular weight is 480 g/mol. The minimum atomic E-state index is 0.828. The molecule has 0 atom stereocenters. The number of nitrogens with one attached hydrogen (secondary N) is 2. The van der Waals surface area contributed by atoms with E-state index in [1.54, 1.807) is 0 Å². The van der Waals surface area contributed by atoms with Crippen molar-refractivity contribution in [1.82, 2.24) is 19.9 Å². The van der Waals surface area contributed by atoms with Gasteiger partial charge in [0.2, 0.25) is 0 Å². The van der Waals surface area contributed by atoms with Crippen LogP contribution in [0.2, 0.25) is 0 Å². The van der Waals surface area contributed by atoms with Crippen LogP contribution in [0.15, 0.2) is 115 Å². The van der Waals surface area contributed by atoms with Gasteiger partial charge < -0.3 is 9.88 Å². The molecule has 5 heteroatoms. The van der Waals surface area contributed by atoms with Crippen LogP contribution < -0.4 is 15.8 Å². The van der Waals surface area contributed by atoms with Crippen LogP contribution in [-0.2, 0) is 0 Å². The third-order valence-corrected chi connectivity index (χ3v) is 7.52. The molecule has 178 valence electrons. The number of allylic oxidation sites excluding steroid dienone is 2. The smallest absolute Gasteiger partial charge is 0.111 e. The summed E-state index contributed by atoms with van der Waals surface area (Å²) in [5.41, 5.74) is 10.5. The fourth-order valence-corrected chi connectivity index (χ4v) is 5.89. The maximum Gasteiger partial charge on any atom is 0.111 e. The normalized spacial score (nSPS) is 15.4. The number of para-hydroxylation sites is 2. The Morgan fingerprint density at radius 1 is 0.568 bits per heavy atom. The molecule has 2 aliphatic rings. The molecule has 0 bridgehead atoms. The number of hydrazine groups is 1. The molecule has 0 spiro atoms. The van der Waals surface area contributed by atoms with Gasteiger partial charge in [-0.1, -0.05) is 66.8 Å². The fourth-order valence-electron chi connectivity index (χ4n) is 5.89. The lowest BCUT2D eigenvalue weighted by Crippen LogP contribution is -2.28. The van der Waals surface area contributed by atoms with Crippen LogP contribution in [0.5, 0.6) is 0 Å². The summed E-state index contributed by atoms with van der Waals surface area (Å²) in [6, 6.07) is 31.0. The Labute approximate surface area is 214 Å². The summed E-state index contributed by atoms with van der Waals surface area (Å²) in [5, 5.41) is 10.7. The van der Waals surface area contributed by atoms with Crippen LogP contribution >= 0.6 is 0 Å². The van der Waals surface area contributed by atoms with Crippen molar-refractivity contribution in [2.24, 2.45) is 0 Å². The number of benzene rings is 4. The summed E-state index contributed by atoms with van der Waals surface area (Å²) in [7, 11) is 0. The summed E-state index contributed by atoms with van der Waals surface area (Å²) in [6.45, 7) is 1.68. The van der Waals surface area contributed by atoms with Gasteiger partial charge in [-0.25, -0.2) is 5.43 Å². The van der Waals surface area contributed by atoms with E-state index in [-0.39, 0.29) is 0 Å². The predicted octanol–water partition coefficient (Wildman–Crippen LogP) is 6.69. The van der Waals surface area contributed by atoms with Crippen LogP contribution in [0.1, 0.15) is 0 Å². The average Bonchev–Trinajstić information content (AvgIpc) is 3.68. The lowest BCUT2D eigenvalue weighted by molar-refractivity contribution is 0.815. The first-order valence-corrected chi connectivity index (χ1v) is 12.7. The number of nitrogens with zero attached hydrogens (tertiary/aromatic N) is 3. The molecule has 5 nitrogen and oxygen atoms in total. The third-order valence-electron chi connectivity index (χ3n) is 7.52. The molecule has 2 N–H and O–H groups in total. The first kappa shape index (κ1) is 20.5. The standard InChI is InChI=1S/C32H25N5/c1-3-10-28-24(8-1)26-15-13-22(35-19-7-18-34-35)20-30(26)36(28)23-14-16-27-25-9-2-4-11-29(25)37(31(27)21-23)32-12-5-6-17-33-32/h1-16,19-21,33-34H,17-18H2. The van der Waals surface area contributed by atoms with Crippen molar-refractivity contribution in [3.8, 4) is 5.69 Å². The summed E-state index contributed by atoms with van der Waals surface area (Å²) in [6.07, 6.45) is 10.7. The van der Waals surface area contributed by atoms with Gasteiger partial charge in [0.25, 0.3) is 0 Å². The fraction of sp³-hybridized carbons (Fsp3) is 0.0625. The molecule has 2 aliphatic heterocycles. The molecule has 0 saturated heterocycles. The van der Waals surface area contributed by atoms with Crippen molar-refractivity contribution in [3.63, 3.8) is 0 Å². The van der Waals surface area contributed by atoms with E-state index in [0.29, 0.717) is 0 Å². The van der Waals surface area contributed by atoms with E-state index in [1.165, 1.54) is 43.6 Å². The zero-order valence-electron chi connectivity index (χ0n) is 20.2. The molecular weight excluding hydrogens is 454 g/mol. The Morgan fingerprint density at radius 2 is 1.22 bits per heavy atom. The van der Waals surface area contributed by atoms with E-state index in [2.05, 4.69) is 140 Å². The number of aromatic nitrogens is 2. The lowest BCUT2D eigenvalue weighted by Gasteiger charge is -2.17. The van der Waals surface area contributed by atoms with Crippen molar-refractivity contribution in [3.05, 3.63) is 115 Å². The van der Waals surface area contributed by atoms with Crippen LogP contribution in [0.25, 0.3) is 55.1 Å². The van der Waals surface area contributed by atoms with E-state index < -0.39 is 0 Å². The van der Waals surface area contributed by atoms with Gasteiger partial charge in [0.05, 0.1) is 27.8 Å². The van der Waals surface area contributed by atoms with Crippen molar-refractivity contribution in [1.29, 1.82) is 0 Å². The molecule has 0 unspecified atom stereocenters. The van der Waals surface area contributed by atoms with Crippen molar-refractivity contribution in [2.75, 3.05) is 18.1 Å². The molecule has 0 aliphatic carbocycles. The van der Waals surface area contributed by atoms with Gasteiger partial charge >= 0.3 is 0 Å². The molecule has 4 aromatic carbocycles. The Kier molecular flexibility index (Phi) is 4.36. The molecular formula is C32H25N5. The zero-order chi connectivity index (χ0) is 24.3. The predicted molar refractivity (Wildman–Crippen MR) is 155 cm³/mol. The molecule has 0 amide bonds. The second kappa shape index (κ2) is 7.88. The summed E-state index contributed by atoms with van der Waals surface area (Å²) in [4.78, 5) is 0. The highest BCUT2D eigenvalue weighted by Gasteiger charge is 2.18. The van der Waals surface area contributed by atoms with Crippen molar-refractivity contribution < 1.29 is 0 Å². The molecule has 6 aromatic rings. The maximum absolute atomic E-state index is 3.57. The first-order chi connectivity index (χ1) is 18.4. The van der Waals surface area contributed by atoms with Crippen LogP contribution in [0, 0.1) is 0 Å². The van der Waals surface area contributed by atoms with E-state index >= 15 is 0 Å². The Balaban J connectivity index is 1.44. The van der Waals surface area contributed by atoms with Crippen molar-refractivity contribution in [2.45, 2.75) is 0 Å². The van der Waals surface area contributed by atoms with Gasteiger partial charge in [-0.2, -0.15) is 0 Å². The highest BCUT2D eigenvalue weighted by atomic mass is 15.5. The monoisotopic (exact) mass is 479 g/mol. The van der Waals surface area contributed by atoms with Gasteiger partial charge in [0.15, 0.2) is 0 Å². The van der Waals surface area contributed by atoms with Gasteiger partial charge in [-0.15, -0.1) is 0 Å². The number of rotatable bonds is 3. The number of hydrogen-bond donors (Lipinski definition) is 2. The SMILES string of the molecule is C1=CCNC(n2c3ccccc3c3ccc(-n4c5ccccc5c5ccc(N6C=CCN6)cc54)cc32)=C1. The first-order valence-electron chi connectivity index (χ1n) is 12.7. The molecule has 0 saturated carbocycles. The van der Waals surface area contributed by atoms with Crippen LogP contribution in [0.3, 0.4) is 0 Å². The lowest BCUT2D eigenvalue weighted by atomic mass is 10.1. The third kappa shape index (κ3) is 3.01. The number of anilines is 1. The topological polar surface area (TPSA) is 37.2 Å². The molecule has 4 heterocycles. The second-order valence-electron chi connectivity index (χ2n) is 9.59. The largest absolute Gasteiger partial charge is 0.368 e. The van der Waals surface area contributed by atoms with Gasteiger partial charge in [0, 0.05) is 46.5 Å². The summed E-state index contributed by atoms with van der Waals surface area (Å²) >= 11 is 0. The Hall–Kier alpha value is -4.74. The highest BCUT2D eigenvalue weighted by Crippen LogP contribution is 2.37. The summed E-state index contributed by atoms with van der Waals surface area (Å²) < 4.78 is 4.76. The number of dihydropyridines is 1. The van der Waals surface area contributed by atoms with Crippen molar-refractivity contribution >= 4 is 55.1 Å².